The Kier molecular flexibility index (Phi) is 22.8. The van der Waals surface area contributed by atoms with Crippen LogP contribution in [0.4, 0.5) is 26.3 Å². The average Bonchev–Trinajstić information content (AvgIpc) is 3.17. The van der Waals surface area contributed by atoms with Crippen LogP contribution in [0.3, 0.4) is 0 Å². The molecule has 0 unspecified atom stereocenters. The van der Waals surface area contributed by atoms with E-state index in [1.165, 1.54) is 36.4 Å². The van der Waals surface area contributed by atoms with Gasteiger partial charge in [0.25, 0.3) is 11.8 Å². The van der Waals surface area contributed by atoms with Crippen LogP contribution in [0.25, 0.3) is 0 Å². The summed E-state index contributed by atoms with van der Waals surface area (Å²) in [7, 11) is 0. The monoisotopic (exact) mass is 819 g/mol. The third kappa shape index (κ3) is 16.4. The third-order valence-corrected chi connectivity index (χ3v) is 8.20. The molecule has 2 atom stereocenters. The quantitative estimate of drug-likeness (QED) is 0.0600. The molecular formula is C43H51F6N3O6. The summed E-state index contributed by atoms with van der Waals surface area (Å²) in [4.78, 5) is 49.6. The molecule has 0 fully saturated rings. The van der Waals surface area contributed by atoms with E-state index in [0.717, 1.165) is 61.4 Å². The highest BCUT2D eigenvalue weighted by Gasteiger charge is 2.24. The lowest BCUT2D eigenvalue weighted by Gasteiger charge is -2.18. The SMILES string of the molecule is C.C.CCCCC[C@H](NC(=O)c1ccc(F)cc1)C(=O)COc1c(F)cccc1F.NCCCC[C@H](NC(=O)c1ccc(F)cc1)C(=O)COc1c(F)cccc1F. The first kappa shape index (κ1) is 50.3. The van der Waals surface area contributed by atoms with E-state index in [9.17, 15) is 45.5 Å². The van der Waals surface area contributed by atoms with Gasteiger partial charge in [0.1, 0.15) is 24.8 Å². The summed E-state index contributed by atoms with van der Waals surface area (Å²) in [6, 6.07) is 14.4. The summed E-state index contributed by atoms with van der Waals surface area (Å²) in [6.07, 6.45) is 4.31. The summed E-state index contributed by atoms with van der Waals surface area (Å²) in [5.74, 6) is -8.09. The van der Waals surface area contributed by atoms with Crippen LogP contribution in [0.5, 0.6) is 11.5 Å². The number of hydrogen-bond donors (Lipinski definition) is 3. The molecule has 0 spiro atoms. The summed E-state index contributed by atoms with van der Waals surface area (Å²) in [6.45, 7) is 1.22. The number of ether oxygens (including phenoxy) is 2. The van der Waals surface area contributed by atoms with Crippen molar-refractivity contribution in [3.05, 3.63) is 131 Å². The molecule has 0 radical (unpaired) electrons. The Morgan fingerprint density at radius 3 is 1.22 bits per heavy atom. The number of carbonyl (C=O) groups is 4. The zero-order valence-electron chi connectivity index (χ0n) is 30.6. The van der Waals surface area contributed by atoms with Crippen molar-refractivity contribution in [2.24, 2.45) is 5.73 Å². The highest BCUT2D eigenvalue weighted by Crippen LogP contribution is 2.22. The fourth-order valence-corrected chi connectivity index (χ4v) is 5.13. The maximum Gasteiger partial charge on any atom is 0.251 e. The number of carbonyl (C=O) groups excluding carboxylic acids is 4. The third-order valence-electron chi connectivity index (χ3n) is 8.20. The van der Waals surface area contributed by atoms with Crippen LogP contribution in [-0.2, 0) is 9.59 Å². The molecule has 0 aromatic heterocycles. The molecule has 0 heterocycles. The lowest BCUT2D eigenvalue weighted by Crippen LogP contribution is -2.43. The second kappa shape index (κ2) is 26.3. The Morgan fingerprint density at radius 1 is 0.552 bits per heavy atom. The number of ketones is 2. The Hall–Kier alpha value is -5.70. The molecule has 0 saturated heterocycles. The van der Waals surface area contributed by atoms with Crippen LogP contribution in [-0.4, -0.2) is 55.2 Å². The van der Waals surface area contributed by atoms with Crippen LogP contribution in [0, 0.1) is 34.9 Å². The maximum absolute atomic E-state index is 13.6. The number of halogens is 6. The van der Waals surface area contributed by atoms with Gasteiger partial charge in [0.05, 0.1) is 12.1 Å². The molecule has 4 aromatic carbocycles. The van der Waals surface area contributed by atoms with Gasteiger partial charge in [-0.2, -0.15) is 0 Å². The summed E-state index contributed by atoms with van der Waals surface area (Å²) in [5, 5.41) is 5.16. The van der Waals surface area contributed by atoms with Crippen molar-refractivity contribution < 1.29 is 55.0 Å². The van der Waals surface area contributed by atoms with Crippen molar-refractivity contribution in [3.63, 3.8) is 0 Å². The molecule has 0 aliphatic rings. The summed E-state index contributed by atoms with van der Waals surface area (Å²) in [5.41, 5.74) is 5.83. The highest BCUT2D eigenvalue weighted by atomic mass is 19.2. The molecule has 316 valence electrons. The lowest BCUT2D eigenvalue weighted by molar-refractivity contribution is -0.123. The van der Waals surface area contributed by atoms with E-state index in [0.29, 0.717) is 32.2 Å². The number of hydrogen-bond acceptors (Lipinski definition) is 7. The van der Waals surface area contributed by atoms with E-state index >= 15 is 0 Å². The van der Waals surface area contributed by atoms with Crippen molar-refractivity contribution in [1.82, 2.24) is 10.6 Å². The predicted molar refractivity (Wildman–Crippen MR) is 210 cm³/mol. The van der Waals surface area contributed by atoms with Crippen LogP contribution in [0.2, 0.25) is 0 Å². The Labute approximate surface area is 335 Å². The number of benzene rings is 4. The van der Waals surface area contributed by atoms with Crippen molar-refractivity contribution >= 4 is 23.4 Å². The summed E-state index contributed by atoms with van der Waals surface area (Å²) < 4.78 is 90.5. The minimum atomic E-state index is -0.932. The lowest BCUT2D eigenvalue weighted by atomic mass is 10.0. The second-order valence-corrected chi connectivity index (χ2v) is 12.5. The fourth-order valence-electron chi connectivity index (χ4n) is 5.13. The number of nitrogens with one attached hydrogen (secondary N) is 2. The number of Topliss-reactive ketones (excluding diaryl/α,β-unsaturated/α-hetero) is 2. The minimum Gasteiger partial charge on any atom is -0.480 e. The molecule has 2 amide bonds. The molecule has 0 aliphatic heterocycles. The van der Waals surface area contributed by atoms with Gasteiger partial charge in [0.15, 0.2) is 46.3 Å². The Balaban J connectivity index is 0.000000561. The van der Waals surface area contributed by atoms with Crippen LogP contribution < -0.4 is 25.8 Å². The van der Waals surface area contributed by atoms with Gasteiger partial charge in [-0.05, 0) is 105 Å². The van der Waals surface area contributed by atoms with Crippen molar-refractivity contribution in [2.75, 3.05) is 19.8 Å². The zero-order chi connectivity index (χ0) is 41.0. The molecule has 4 rings (SSSR count). The van der Waals surface area contributed by atoms with Crippen LogP contribution in [0.1, 0.15) is 87.4 Å². The van der Waals surface area contributed by atoms with Gasteiger partial charge >= 0.3 is 0 Å². The Morgan fingerprint density at radius 2 is 0.897 bits per heavy atom. The summed E-state index contributed by atoms with van der Waals surface area (Å²) >= 11 is 0. The average molecular weight is 820 g/mol. The second-order valence-electron chi connectivity index (χ2n) is 12.5. The largest absolute Gasteiger partial charge is 0.480 e. The van der Waals surface area contributed by atoms with Crippen molar-refractivity contribution in [2.45, 2.75) is 78.8 Å². The van der Waals surface area contributed by atoms with Gasteiger partial charge in [-0.3, -0.25) is 19.2 Å². The number of nitrogens with two attached hydrogens (primary N) is 1. The fraction of sp³-hybridized carbons (Fsp3) is 0.349. The van der Waals surface area contributed by atoms with Crippen LogP contribution >= 0.6 is 0 Å². The standard InChI is InChI=1S/C21H22F3NO3.C20H21F3N2O3.2CH4/c1-2-3-4-8-18(25-21(27)14-9-11-15(22)12-10-14)19(26)13-28-20-16(23)6-5-7-17(20)24;21-14-9-7-13(8-10-14)20(27)25-17(6-1-2-11-24)18(26)12-28-19-15(22)4-3-5-16(19)23;;/h5-7,9-12,18H,2-4,8,13H2,1H3,(H,25,27);3-5,7-10,17H,1-2,6,11-12,24H2,(H,25,27);2*1H4/t18-;17-;;/m00../s1. The van der Waals surface area contributed by atoms with Gasteiger partial charge in [0, 0.05) is 11.1 Å². The molecular weight excluding hydrogens is 768 g/mol. The first-order valence-corrected chi connectivity index (χ1v) is 17.9. The van der Waals surface area contributed by atoms with E-state index in [-0.39, 0.29) is 32.4 Å². The minimum absolute atomic E-state index is 0. The van der Waals surface area contributed by atoms with E-state index in [2.05, 4.69) is 10.6 Å². The molecule has 0 saturated carbocycles. The smallest absolute Gasteiger partial charge is 0.251 e. The van der Waals surface area contributed by atoms with Crippen LogP contribution in [0.15, 0.2) is 84.9 Å². The number of rotatable bonds is 20. The first-order chi connectivity index (χ1) is 26.8. The van der Waals surface area contributed by atoms with E-state index in [4.69, 9.17) is 15.2 Å². The van der Waals surface area contributed by atoms with E-state index in [1.54, 1.807) is 0 Å². The Bertz CT molecular complexity index is 1720. The number of unbranched alkanes of at least 4 members (excludes halogenated alkanes) is 3. The van der Waals surface area contributed by atoms with Gasteiger partial charge in [0.2, 0.25) is 0 Å². The number of para-hydroxylation sites is 2. The molecule has 15 heteroatoms. The molecule has 4 aromatic rings. The molecule has 4 N–H and O–H groups in total. The highest BCUT2D eigenvalue weighted by molar-refractivity contribution is 5.99. The van der Waals surface area contributed by atoms with Gasteiger partial charge < -0.3 is 25.8 Å². The van der Waals surface area contributed by atoms with Crippen molar-refractivity contribution in [3.8, 4) is 11.5 Å². The first-order valence-electron chi connectivity index (χ1n) is 17.9. The number of amides is 2. The molecule has 58 heavy (non-hydrogen) atoms. The maximum atomic E-state index is 13.6. The molecule has 0 aliphatic carbocycles. The molecule has 9 nitrogen and oxygen atoms in total. The normalized spacial score (nSPS) is 11.3. The molecule has 0 bridgehead atoms. The van der Waals surface area contributed by atoms with E-state index < -0.39 is 95.1 Å². The zero-order valence-corrected chi connectivity index (χ0v) is 30.6. The predicted octanol–water partition coefficient (Wildman–Crippen LogP) is 8.68. The van der Waals surface area contributed by atoms with Gasteiger partial charge in [-0.1, -0.05) is 53.2 Å². The van der Waals surface area contributed by atoms with Gasteiger partial charge in [-0.15, -0.1) is 0 Å². The van der Waals surface area contributed by atoms with Crippen molar-refractivity contribution in [1.29, 1.82) is 0 Å². The topological polar surface area (TPSA) is 137 Å². The van der Waals surface area contributed by atoms with Gasteiger partial charge in [-0.25, -0.2) is 26.3 Å². The van der Waals surface area contributed by atoms with E-state index in [1.807, 2.05) is 6.92 Å².